The van der Waals surface area contributed by atoms with E-state index in [9.17, 15) is 20.2 Å². The van der Waals surface area contributed by atoms with Crippen LogP contribution < -0.4 is 0 Å². The van der Waals surface area contributed by atoms with Crippen molar-refractivity contribution in [2.75, 3.05) is 0 Å². The summed E-state index contributed by atoms with van der Waals surface area (Å²) in [4.78, 5) is 23.7. The topological polar surface area (TPSA) is 102 Å². The van der Waals surface area contributed by atoms with E-state index in [1.54, 1.807) is 6.07 Å². The smallest absolute Gasteiger partial charge is 0.300 e. The lowest BCUT2D eigenvalue weighted by molar-refractivity contribution is -0.393. The van der Waals surface area contributed by atoms with Gasteiger partial charge in [-0.15, -0.1) is 0 Å². The van der Waals surface area contributed by atoms with Crippen LogP contribution in [0.15, 0.2) is 48.5 Å². The molecule has 21 heavy (non-hydrogen) atoms. The summed E-state index contributed by atoms with van der Waals surface area (Å²) in [6.45, 7) is 0. The van der Waals surface area contributed by atoms with Crippen LogP contribution in [-0.2, 0) is 0 Å². The molecule has 2 aromatic carbocycles. The lowest BCUT2D eigenvalue weighted by Crippen LogP contribution is -1.93. The van der Waals surface area contributed by atoms with Gasteiger partial charge >= 0.3 is 0 Å². The van der Waals surface area contributed by atoms with Crippen LogP contribution in [0.1, 0.15) is 0 Å². The van der Waals surface area contributed by atoms with Crippen molar-refractivity contribution >= 4 is 22.3 Å². The molecule has 3 aromatic rings. The third-order valence-electron chi connectivity index (χ3n) is 3.18. The zero-order valence-corrected chi connectivity index (χ0v) is 10.6. The number of H-pyrrole nitrogens is 1. The molecule has 0 unspecified atom stereocenters. The van der Waals surface area contributed by atoms with E-state index < -0.39 is 9.85 Å². The summed E-state index contributed by atoms with van der Waals surface area (Å²) in [6, 6.07) is 13.2. The molecule has 1 heterocycles. The van der Waals surface area contributed by atoms with Gasteiger partial charge in [-0.1, -0.05) is 30.3 Å². The van der Waals surface area contributed by atoms with Gasteiger partial charge in [0.05, 0.1) is 15.9 Å². The normalized spacial score (nSPS) is 10.7. The Kier molecular flexibility index (Phi) is 2.87. The second-order valence-corrected chi connectivity index (χ2v) is 4.49. The molecule has 0 amide bonds. The molecule has 0 atom stereocenters. The second kappa shape index (κ2) is 4.71. The molecule has 0 radical (unpaired) electrons. The Morgan fingerprint density at radius 2 is 1.62 bits per heavy atom. The van der Waals surface area contributed by atoms with Crippen LogP contribution in [0.25, 0.3) is 22.2 Å². The van der Waals surface area contributed by atoms with E-state index in [4.69, 9.17) is 0 Å². The van der Waals surface area contributed by atoms with Crippen molar-refractivity contribution in [3.63, 3.8) is 0 Å². The maximum absolute atomic E-state index is 11.1. The summed E-state index contributed by atoms with van der Waals surface area (Å²) in [6.07, 6.45) is 0. The van der Waals surface area contributed by atoms with Gasteiger partial charge in [0.2, 0.25) is 0 Å². The number of nitrogens with zero attached hydrogens (tertiary/aromatic N) is 2. The Balaban J connectivity index is 2.27. The van der Waals surface area contributed by atoms with E-state index in [-0.39, 0.29) is 16.9 Å². The van der Waals surface area contributed by atoms with Gasteiger partial charge < -0.3 is 4.98 Å². The SMILES string of the molecule is O=[N+]([O-])c1cc([N+](=O)[O-])c2[nH]c(-c3ccccc3)cc2c1. The molecule has 0 bridgehead atoms. The lowest BCUT2D eigenvalue weighted by Gasteiger charge is -1.96. The van der Waals surface area contributed by atoms with Gasteiger partial charge in [0.1, 0.15) is 5.52 Å². The number of fused-ring (bicyclic) bond motifs is 1. The third kappa shape index (κ3) is 2.20. The van der Waals surface area contributed by atoms with Crippen LogP contribution in [0.2, 0.25) is 0 Å². The lowest BCUT2D eigenvalue weighted by atomic mass is 10.1. The molecule has 0 aliphatic heterocycles. The van der Waals surface area contributed by atoms with Gasteiger partial charge in [-0.3, -0.25) is 20.2 Å². The summed E-state index contributed by atoms with van der Waals surface area (Å²) in [5.41, 5.74) is 1.21. The van der Waals surface area contributed by atoms with Crippen molar-refractivity contribution in [2.45, 2.75) is 0 Å². The molecular formula is C14H9N3O4. The minimum atomic E-state index is -0.637. The van der Waals surface area contributed by atoms with Gasteiger partial charge in [0, 0.05) is 17.1 Å². The number of aromatic nitrogens is 1. The van der Waals surface area contributed by atoms with E-state index in [1.807, 2.05) is 30.3 Å². The molecule has 7 nitrogen and oxygen atoms in total. The average molecular weight is 283 g/mol. The third-order valence-corrected chi connectivity index (χ3v) is 3.18. The van der Waals surface area contributed by atoms with Gasteiger partial charge in [0.15, 0.2) is 0 Å². The largest absolute Gasteiger partial charge is 0.349 e. The predicted octanol–water partition coefficient (Wildman–Crippen LogP) is 3.65. The summed E-state index contributed by atoms with van der Waals surface area (Å²) in [5.74, 6) is 0. The number of benzene rings is 2. The highest BCUT2D eigenvalue weighted by molar-refractivity contribution is 5.94. The molecule has 7 heteroatoms. The van der Waals surface area contributed by atoms with E-state index in [0.29, 0.717) is 11.1 Å². The van der Waals surface area contributed by atoms with Crippen LogP contribution in [0.3, 0.4) is 0 Å². The summed E-state index contributed by atoms with van der Waals surface area (Å²) >= 11 is 0. The van der Waals surface area contributed by atoms with Crippen LogP contribution in [0, 0.1) is 20.2 Å². The van der Waals surface area contributed by atoms with E-state index >= 15 is 0 Å². The maximum atomic E-state index is 11.1. The second-order valence-electron chi connectivity index (χ2n) is 4.49. The minimum Gasteiger partial charge on any atom is -0.349 e. The highest BCUT2D eigenvalue weighted by Crippen LogP contribution is 2.33. The Morgan fingerprint density at radius 1 is 0.905 bits per heavy atom. The van der Waals surface area contributed by atoms with Crippen LogP contribution in [0.5, 0.6) is 0 Å². The summed E-state index contributed by atoms with van der Waals surface area (Å²) in [5, 5.41) is 22.4. The first-order valence-corrected chi connectivity index (χ1v) is 6.07. The fourth-order valence-electron chi connectivity index (χ4n) is 2.23. The van der Waals surface area contributed by atoms with Gasteiger partial charge in [-0.05, 0) is 11.6 Å². The molecule has 104 valence electrons. The molecular weight excluding hydrogens is 274 g/mol. The van der Waals surface area contributed by atoms with E-state index in [2.05, 4.69) is 4.98 Å². The van der Waals surface area contributed by atoms with Crippen molar-refractivity contribution in [2.24, 2.45) is 0 Å². The highest BCUT2D eigenvalue weighted by Gasteiger charge is 2.21. The maximum Gasteiger partial charge on any atom is 0.300 e. The molecule has 1 aromatic heterocycles. The fourth-order valence-corrected chi connectivity index (χ4v) is 2.23. The van der Waals surface area contributed by atoms with Crippen LogP contribution in [-0.4, -0.2) is 14.8 Å². The number of aromatic amines is 1. The number of hydrogen-bond donors (Lipinski definition) is 1. The molecule has 0 spiro atoms. The Morgan fingerprint density at radius 3 is 2.24 bits per heavy atom. The first-order valence-electron chi connectivity index (χ1n) is 6.07. The van der Waals surface area contributed by atoms with Crippen molar-refractivity contribution < 1.29 is 9.85 Å². The molecule has 0 aliphatic carbocycles. The predicted molar refractivity (Wildman–Crippen MR) is 77.0 cm³/mol. The van der Waals surface area contributed by atoms with Crippen molar-refractivity contribution in [1.29, 1.82) is 0 Å². The first-order chi connectivity index (χ1) is 10.1. The Hall–Kier alpha value is -3.22. The molecule has 1 N–H and O–H groups in total. The average Bonchev–Trinajstić information content (AvgIpc) is 2.90. The summed E-state index contributed by atoms with van der Waals surface area (Å²) in [7, 11) is 0. The van der Waals surface area contributed by atoms with E-state index in [0.717, 1.165) is 11.6 Å². The molecule has 0 saturated carbocycles. The number of non-ortho nitro benzene ring substituents is 2. The summed E-state index contributed by atoms with van der Waals surface area (Å²) < 4.78 is 0. The molecule has 0 aliphatic rings. The highest BCUT2D eigenvalue weighted by atomic mass is 16.6. The number of hydrogen-bond acceptors (Lipinski definition) is 4. The molecule has 0 fully saturated rings. The van der Waals surface area contributed by atoms with Crippen molar-refractivity contribution in [1.82, 2.24) is 4.98 Å². The minimum absolute atomic E-state index is 0.282. The van der Waals surface area contributed by atoms with E-state index in [1.165, 1.54) is 6.07 Å². The zero-order chi connectivity index (χ0) is 15.0. The molecule has 0 saturated heterocycles. The number of nitrogens with one attached hydrogen (secondary N) is 1. The quantitative estimate of drug-likeness (QED) is 0.585. The number of nitro benzene ring substituents is 2. The Bertz CT molecular complexity index is 855. The van der Waals surface area contributed by atoms with Gasteiger partial charge in [0.25, 0.3) is 11.4 Å². The van der Waals surface area contributed by atoms with Crippen molar-refractivity contribution in [3.05, 3.63) is 68.8 Å². The van der Waals surface area contributed by atoms with Gasteiger partial charge in [-0.25, -0.2) is 0 Å². The van der Waals surface area contributed by atoms with Crippen LogP contribution in [0.4, 0.5) is 11.4 Å². The standard InChI is InChI=1S/C14H9N3O4/c18-16(19)11-6-10-7-12(9-4-2-1-3-5-9)15-14(10)13(8-11)17(20)21/h1-8,15H. The van der Waals surface area contributed by atoms with Gasteiger partial charge in [-0.2, -0.15) is 0 Å². The monoisotopic (exact) mass is 283 g/mol. The zero-order valence-electron chi connectivity index (χ0n) is 10.6. The van der Waals surface area contributed by atoms with Crippen molar-refractivity contribution in [3.8, 4) is 11.3 Å². The number of rotatable bonds is 3. The Labute approximate surface area is 118 Å². The first kappa shape index (κ1) is 12.8. The van der Waals surface area contributed by atoms with Crippen LogP contribution >= 0.6 is 0 Å². The molecule has 3 rings (SSSR count). The fraction of sp³-hybridized carbons (Fsp3) is 0. The number of nitro groups is 2.